The van der Waals surface area contributed by atoms with Gasteiger partial charge in [0.15, 0.2) is 0 Å². The minimum Gasteiger partial charge on any atom is -0.300 e. The summed E-state index contributed by atoms with van der Waals surface area (Å²) in [4.78, 5) is 2.96. The van der Waals surface area contributed by atoms with Gasteiger partial charge in [0.25, 0.3) is 0 Å². The first-order chi connectivity index (χ1) is 10.3. The van der Waals surface area contributed by atoms with Crippen LogP contribution in [0.15, 0.2) is 40.6 Å². The lowest BCUT2D eigenvalue weighted by molar-refractivity contribution is 0.303. The number of nitrogens with one attached hydrogen (secondary N) is 1. The van der Waals surface area contributed by atoms with Crippen LogP contribution in [-0.4, -0.2) is 34.0 Å². The van der Waals surface area contributed by atoms with Crippen molar-refractivity contribution in [2.75, 3.05) is 20.6 Å². The first-order valence-electron chi connectivity index (χ1n) is 6.46. The first-order valence-corrected chi connectivity index (χ1v) is 9.58. The molecule has 0 saturated carbocycles. The van der Waals surface area contributed by atoms with E-state index < -0.39 is 10.0 Å². The zero-order valence-corrected chi connectivity index (χ0v) is 15.2. The lowest BCUT2D eigenvalue weighted by Crippen LogP contribution is -2.34. The zero-order valence-electron chi connectivity index (χ0n) is 12.1. The Morgan fingerprint density at radius 1 is 1.18 bits per heavy atom. The molecule has 1 aromatic heterocycles. The molecule has 1 N–H and O–H groups in total. The van der Waals surface area contributed by atoms with Gasteiger partial charge in [-0.3, -0.25) is 0 Å². The van der Waals surface area contributed by atoms with Crippen molar-refractivity contribution in [3.8, 4) is 0 Å². The fourth-order valence-electron chi connectivity index (χ4n) is 2.02. The van der Waals surface area contributed by atoms with E-state index in [9.17, 15) is 8.42 Å². The van der Waals surface area contributed by atoms with E-state index in [2.05, 4.69) is 4.72 Å². The van der Waals surface area contributed by atoms with Gasteiger partial charge in [0.05, 0.1) is 16.1 Å². The Bertz CT molecular complexity index is 711. The highest BCUT2D eigenvalue weighted by molar-refractivity contribution is 7.89. The van der Waals surface area contributed by atoms with Crippen LogP contribution in [0.2, 0.25) is 10.0 Å². The standard InChI is InChI=1S/C14H16Cl2N2O2S2/c1-18(2)12(13-7-4-8-21-13)9-17-22(19,20)14-10(15)5-3-6-11(14)16/h3-8,12,17H,9H2,1-2H3/t12-/m0/s1. The van der Waals surface area contributed by atoms with E-state index in [0.717, 1.165) is 4.88 Å². The largest absolute Gasteiger partial charge is 0.300 e. The Hall–Kier alpha value is -0.630. The minimum absolute atomic E-state index is 0.0592. The summed E-state index contributed by atoms with van der Waals surface area (Å²) in [6, 6.07) is 8.48. The molecule has 0 aliphatic carbocycles. The molecule has 0 fully saturated rings. The van der Waals surface area contributed by atoms with Crippen molar-refractivity contribution in [2.45, 2.75) is 10.9 Å². The number of hydrogen-bond acceptors (Lipinski definition) is 4. The van der Waals surface area contributed by atoms with Gasteiger partial charge in [-0.25, -0.2) is 13.1 Å². The third kappa shape index (κ3) is 4.01. The van der Waals surface area contributed by atoms with Crippen molar-refractivity contribution in [1.29, 1.82) is 0 Å². The molecule has 0 aliphatic rings. The fourth-order valence-corrected chi connectivity index (χ4v) is 5.12. The van der Waals surface area contributed by atoms with Crippen molar-refractivity contribution >= 4 is 44.6 Å². The maximum absolute atomic E-state index is 12.5. The summed E-state index contributed by atoms with van der Waals surface area (Å²) in [6.07, 6.45) is 0. The molecule has 0 spiro atoms. The van der Waals surface area contributed by atoms with Crippen LogP contribution in [-0.2, 0) is 10.0 Å². The maximum atomic E-state index is 12.5. The summed E-state index contributed by atoms with van der Waals surface area (Å²) in [5.41, 5.74) is 0. The monoisotopic (exact) mass is 378 g/mol. The summed E-state index contributed by atoms with van der Waals surface area (Å²) in [5, 5.41) is 2.18. The molecule has 1 atom stereocenters. The molecule has 1 aromatic carbocycles. The van der Waals surface area contributed by atoms with Gasteiger partial charge in [0, 0.05) is 11.4 Å². The number of halogens is 2. The predicted octanol–water partition coefficient (Wildman–Crippen LogP) is 3.64. The molecule has 0 amide bonds. The highest BCUT2D eigenvalue weighted by Crippen LogP contribution is 2.29. The molecule has 0 unspecified atom stereocenters. The number of likely N-dealkylation sites (N-methyl/N-ethyl adjacent to an activating group) is 1. The van der Waals surface area contributed by atoms with Crippen molar-refractivity contribution in [1.82, 2.24) is 9.62 Å². The van der Waals surface area contributed by atoms with E-state index in [1.165, 1.54) is 12.1 Å². The molecular formula is C14H16Cl2N2O2S2. The molecule has 1 heterocycles. The smallest absolute Gasteiger partial charge is 0.243 e. The number of benzene rings is 1. The van der Waals surface area contributed by atoms with Gasteiger partial charge in [-0.15, -0.1) is 11.3 Å². The molecule has 2 rings (SSSR count). The third-order valence-corrected chi connectivity index (χ3v) is 6.50. The van der Waals surface area contributed by atoms with Crippen LogP contribution in [0.3, 0.4) is 0 Å². The molecule has 4 nitrogen and oxygen atoms in total. The Labute approximate surface area is 144 Å². The first kappa shape index (κ1) is 17.7. The van der Waals surface area contributed by atoms with Crippen LogP contribution in [0, 0.1) is 0 Å². The Balaban J connectivity index is 2.22. The van der Waals surface area contributed by atoms with Gasteiger partial charge in [-0.1, -0.05) is 35.3 Å². The number of rotatable bonds is 6. The predicted molar refractivity (Wildman–Crippen MR) is 92.4 cm³/mol. The van der Waals surface area contributed by atoms with Crippen molar-refractivity contribution in [2.24, 2.45) is 0 Å². The second-order valence-electron chi connectivity index (χ2n) is 4.90. The Morgan fingerprint density at radius 3 is 2.32 bits per heavy atom. The zero-order chi connectivity index (χ0) is 16.3. The molecule has 2 aromatic rings. The van der Waals surface area contributed by atoms with Crippen LogP contribution >= 0.6 is 34.5 Å². The second-order valence-corrected chi connectivity index (χ2v) is 8.39. The van der Waals surface area contributed by atoms with Gasteiger partial charge in [-0.05, 0) is 37.7 Å². The van der Waals surface area contributed by atoms with E-state index in [1.807, 2.05) is 36.5 Å². The molecule has 0 saturated heterocycles. The Kier molecular flexibility index (Phi) is 5.87. The highest BCUT2D eigenvalue weighted by Gasteiger charge is 2.24. The van der Waals surface area contributed by atoms with Gasteiger partial charge in [-0.2, -0.15) is 0 Å². The van der Waals surface area contributed by atoms with E-state index >= 15 is 0 Å². The molecule has 0 aliphatic heterocycles. The van der Waals surface area contributed by atoms with Crippen LogP contribution in [0.5, 0.6) is 0 Å². The van der Waals surface area contributed by atoms with Gasteiger partial charge >= 0.3 is 0 Å². The third-order valence-electron chi connectivity index (χ3n) is 3.15. The average molecular weight is 379 g/mol. The summed E-state index contributed by atoms with van der Waals surface area (Å²) in [6.45, 7) is 0.234. The van der Waals surface area contributed by atoms with E-state index in [4.69, 9.17) is 23.2 Å². The Morgan fingerprint density at radius 2 is 1.82 bits per heavy atom. The number of hydrogen-bond donors (Lipinski definition) is 1. The summed E-state index contributed by atoms with van der Waals surface area (Å²) in [5.74, 6) is 0. The van der Waals surface area contributed by atoms with E-state index in [-0.39, 0.29) is 27.5 Å². The lowest BCUT2D eigenvalue weighted by Gasteiger charge is -2.23. The average Bonchev–Trinajstić information content (AvgIpc) is 2.91. The molecule has 0 radical (unpaired) electrons. The normalized spacial score (nSPS) is 13.5. The van der Waals surface area contributed by atoms with Crippen LogP contribution in [0.4, 0.5) is 0 Å². The second kappa shape index (κ2) is 7.29. The highest BCUT2D eigenvalue weighted by atomic mass is 35.5. The molecule has 8 heteroatoms. The molecule has 22 heavy (non-hydrogen) atoms. The topological polar surface area (TPSA) is 49.4 Å². The van der Waals surface area contributed by atoms with Gasteiger partial charge < -0.3 is 4.90 Å². The summed E-state index contributed by atoms with van der Waals surface area (Å²) < 4.78 is 27.5. The number of thiophene rings is 1. The van der Waals surface area contributed by atoms with Crippen molar-refractivity contribution in [3.63, 3.8) is 0 Å². The van der Waals surface area contributed by atoms with Crippen molar-refractivity contribution < 1.29 is 8.42 Å². The van der Waals surface area contributed by atoms with Crippen molar-refractivity contribution in [3.05, 3.63) is 50.6 Å². The van der Waals surface area contributed by atoms with E-state index in [1.54, 1.807) is 17.4 Å². The SMILES string of the molecule is CN(C)[C@@H](CNS(=O)(=O)c1c(Cl)cccc1Cl)c1cccs1. The lowest BCUT2D eigenvalue weighted by atomic mass is 10.2. The maximum Gasteiger partial charge on any atom is 0.243 e. The van der Waals surface area contributed by atoms with Crippen LogP contribution < -0.4 is 4.72 Å². The molecular weight excluding hydrogens is 363 g/mol. The molecule has 120 valence electrons. The van der Waals surface area contributed by atoms with Gasteiger partial charge in [0.1, 0.15) is 4.90 Å². The van der Waals surface area contributed by atoms with Crippen LogP contribution in [0.1, 0.15) is 10.9 Å². The fraction of sp³-hybridized carbons (Fsp3) is 0.286. The van der Waals surface area contributed by atoms with Crippen LogP contribution in [0.25, 0.3) is 0 Å². The molecule has 0 bridgehead atoms. The minimum atomic E-state index is -3.78. The number of sulfonamides is 1. The van der Waals surface area contributed by atoms with E-state index in [0.29, 0.717) is 0 Å². The van der Waals surface area contributed by atoms with Gasteiger partial charge in [0.2, 0.25) is 10.0 Å². The number of nitrogens with zero attached hydrogens (tertiary/aromatic N) is 1. The summed E-state index contributed by atoms with van der Waals surface area (Å²) >= 11 is 13.5. The summed E-state index contributed by atoms with van der Waals surface area (Å²) in [7, 11) is 0.0307. The quantitative estimate of drug-likeness (QED) is 0.834.